The van der Waals surface area contributed by atoms with Gasteiger partial charge in [0, 0.05) is 18.0 Å². The summed E-state index contributed by atoms with van der Waals surface area (Å²) in [5.41, 5.74) is 1.08. The minimum absolute atomic E-state index is 0.764. The van der Waals surface area contributed by atoms with Crippen LogP contribution in [0, 0.1) is 0 Å². The van der Waals surface area contributed by atoms with Crippen molar-refractivity contribution in [2.75, 3.05) is 0 Å². The van der Waals surface area contributed by atoms with Gasteiger partial charge in [-0.2, -0.15) is 0 Å². The van der Waals surface area contributed by atoms with Crippen molar-refractivity contribution in [1.82, 2.24) is 20.2 Å². The third kappa shape index (κ3) is 1.61. The molecular weight excluding hydrogens is 220 g/mol. The van der Waals surface area contributed by atoms with Gasteiger partial charge in [0.15, 0.2) is 10.8 Å². The zero-order chi connectivity index (χ0) is 10.8. The second-order valence-electron chi connectivity index (χ2n) is 3.22. The van der Waals surface area contributed by atoms with Crippen molar-refractivity contribution in [1.29, 1.82) is 0 Å². The Bertz CT molecular complexity index is 571. The van der Waals surface area contributed by atoms with Crippen molar-refractivity contribution in [3.63, 3.8) is 0 Å². The van der Waals surface area contributed by atoms with Crippen LogP contribution in [-0.2, 0) is 0 Å². The summed E-state index contributed by atoms with van der Waals surface area (Å²) in [6.45, 7) is 0. The molecule has 0 atom stereocenters. The fraction of sp³-hybridized carbons (Fsp3) is 0. The van der Waals surface area contributed by atoms with Crippen LogP contribution in [0.2, 0.25) is 0 Å². The number of H-pyrrole nitrogens is 1. The molecule has 0 aliphatic heterocycles. The molecule has 0 radical (unpaired) electrons. The number of aromatic nitrogens is 4. The van der Waals surface area contributed by atoms with Crippen LogP contribution < -0.4 is 0 Å². The van der Waals surface area contributed by atoms with Crippen molar-refractivity contribution in [2.45, 2.75) is 0 Å². The summed E-state index contributed by atoms with van der Waals surface area (Å²) < 4.78 is 0. The Hall–Kier alpha value is -2.01. The van der Waals surface area contributed by atoms with Crippen LogP contribution in [0.25, 0.3) is 21.4 Å². The lowest BCUT2D eigenvalue weighted by molar-refractivity contribution is 1.08. The molecule has 0 aliphatic carbocycles. The summed E-state index contributed by atoms with van der Waals surface area (Å²) in [5, 5.41) is 9.98. The third-order valence-corrected chi connectivity index (χ3v) is 3.13. The predicted octanol–water partition coefficient (Wildman–Crippen LogP) is 2.60. The van der Waals surface area contributed by atoms with Gasteiger partial charge in [-0.3, -0.25) is 0 Å². The van der Waals surface area contributed by atoms with Gasteiger partial charge in [0.05, 0.1) is 0 Å². The maximum absolute atomic E-state index is 4.15. The molecule has 3 aromatic rings. The molecule has 0 saturated heterocycles. The summed E-state index contributed by atoms with van der Waals surface area (Å²) in [4.78, 5) is 7.16. The first-order chi connectivity index (χ1) is 7.93. The Labute approximate surface area is 96.0 Å². The van der Waals surface area contributed by atoms with Gasteiger partial charge in [-0.15, -0.1) is 10.2 Å². The molecule has 1 aromatic carbocycles. The van der Waals surface area contributed by atoms with E-state index >= 15 is 0 Å². The molecule has 2 aromatic heterocycles. The van der Waals surface area contributed by atoms with E-state index in [2.05, 4.69) is 20.2 Å². The summed E-state index contributed by atoms with van der Waals surface area (Å²) in [6.07, 6.45) is 3.48. The van der Waals surface area contributed by atoms with Crippen LogP contribution in [0.5, 0.6) is 0 Å². The average molecular weight is 228 g/mol. The van der Waals surface area contributed by atoms with Crippen molar-refractivity contribution >= 4 is 11.3 Å². The van der Waals surface area contributed by atoms with E-state index < -0.39 is 0 Å². The molecule has 0 bridgehead atoms. The first-order valence-corrected chi connectivity index (χ1v) is 5.64. The lowest BCUT2D eigenvalue weighted by Gasteiger charge is -1.91. The highest BCUT2D eigenvalue weighted by molar-refractivity contribution is 7.17. The molecular formula is C11H8N4S. The van der Waals surface area contributed by atoms with Crippen molar-refractivity contribution < 1.29 is 0 Å². The van der Waals surface area contributed by atoms with Gasteiger partial charge in [-0.1, -0.05) is 41.7 Å². The SMILES string of the molecule is c1ccc(-c2nnc(-c3ncc[nH]3)s2)cc1. The van der Waals surface area contributed by atoms with E-state index in [9.17, 15) is 0 Å². The number of aromatic amines is 1. The highest BCUT2D eigenvalue weighted by Crippen LogP contribution is 2.27. The summed E-state index contributed by atoms with van der Waals surface area (Å²) >= 11 is 1.53. The van der Waals surface area contributed by atoms with Gasteiger partial charge >= 0.3 is 0 Å². The highest BCUT2D eigenvalue weighted by Gasteiger charge is 2.09. The van der Waals surface area contributed by atoms with Crippen LogP contribution in [0.4, 0.5) is 0 Å². The van der Waals surface area contributed by atoms with Crippen LogP contribution in [0.15, 0.2) is 42.7 Å². The van der Waals surface area contributed by atoms with Gasteiger partial charge in [-0.25, -0.2) is 4.98 Å². The van der Waals surface area contributed by atoms with E-state index in [1.54, 1.807) is 12.4 Å². The zero-order valence-corrected chi connectivity index (χ0v) is 9.11. The summed E-state index contributed by atoms with van der Waals surface area (Å²) in [7, 11) is 0. The van der Waals surface area contributed by atoms with E-state index in [0.29, 0.717) is 0 Å². The van der Waals surface area contributed by atoms with Crippen molar-refractivity contribution in [3.05, 3.63) is 42.7 Å². The predicted molar refractivity (Wildman–Crippen MR) is 62.9 cm³/mol. The Balaban J connectivity index is 2.00. The number of hydrogen-bond acceptors (Lipinski definition) is 4. The van der Waals surface area contributed by atoms with Crippen molar-refractivity contribution in [3.8, 4) is 21.4 Å². The van der Waals surface area contributed by atoms with Gasteiger partial charge in [0.1, 0.15) is 5.01 Å². The monoisotopic (exact) mass is 228 g/mol. The van der Waals surface area contributed by atoms with Crippen LogP contribution >= 0.6 is 11.3 Å². The number of nitrogens with one attached hydrogen (secondary N) is 1. The molecule has 0 unspecified atom stereocenters. The molecule has 16 heavy (non-hydrogen) atoms. The lowest BCUT2D eigenvalue weighted by Crippen LogP contribution is -1.78. The normalized spacial score (nSPS) is 10.5. The average Bonchev–Trinajstić information content (AvgIpc) is 3.01. The number of hydrogen-bond donors (Lipinski definition) is 1. The quantitative estimate of drug-likeness (QED) is 0.733. The topological polar surface area (TPSA) is 54.5 Å². The Morgan fingerprint density at radius 1 is 1.00 bits per heavy atom. The first kappa shape index (κ1) is 9.23. The highest BCUT2D eigenvalue weighted by atomic mass is 32.1. The van der Waals surface area contributed by atoms with Gasteiger partial charge in [0.25, 0.3) is 0 Å². The van der Waals surface area contributed by atoms with Crippen LogP contribution in [0.1, 0.15) is 0 Å². The largest absolute Gasteiger partial charge is 0.343 e. The minimum atomic E-state index is 0.764. The zero-order valence-electron chi connectivity index (χ0n) is 8.29. The molecule has 0 spiro atoms. The standard InChI is InChI=1S/C11H8N4S/c1-2-4-8(5-3-1)10-14-15-11(16-10)9-12-6-7-13-9/h1-7H,(H,12,13). The van der Waals surface area contributed by atoms with E-state index in [0.717, 1.165) is 21.4 Å². The van der Waals surface area contributed by atoms with Gasteiger partial charge in [0.2, 0.25) is 0 Å². The second-order valence-corrected chi connectivity index (χ2v) is 4.19. The summed E-state index contributed by atoms with van der Waals surface area (Å²) in [5.74, 6) is 0.764. The fourth-order valence-corrected chi connectivity index (χ4v) is 2.21. The lowest BCUT2D eigenvalue weighted by atomic mass is 10.2. The number of benzene rings is 1. The molecule has 78 valence electrons. The van der Waals surface area contributed by atoms with Crippen LogP contribution in [0.3, 0.4) is 0 Å². The molecule has 3 rings (SSSR count). The second kappa shape index (κ2) is 3.86. The maximum Gasteiger partial charge on any atom is 0.183 e. The minimum Gasteiger partial charge on any atom is -0.343 e. The molecule has 0 aliphatic rings. The molecule has 4 nitrogen and oxygen atoms in total. The van der Waals surface area contributed by atoms with Gasteiger partial charge in [-0.05, 0) is 0 Å². The van der Waals surface area contributed by atoms with Crippen LogP contribution in [-0.4, -0.2) is 20.2 Å². The third-order valence-electron chi connectivity index (χ3n) is 2.15. The molecule has 2 heterocycles. The maximum atomic E-state index is 4.15. The number of nitrogens with zero attached hydrogens (tertiary/aromatic N) is 3. The molecule has 5 heteroatoms. The smallest absolute Gasteiger partial charge is 0.183 e. The Morgan fingerprint density at radius 3 is 2.56 bits per heavy atom. The molecule has 0 amide bonds. The van der Waals surface area contributed by atoms with E-state index in [1.807, 2.05) is 30.3 Å². The first-order valence-electron chi connectivity index (χ1n) is 4.82. The Kier molecular flexibility index (Phi) is 2.23. The van der Waals surface area contributed by atoms with Crippen molar-refractivity contribution in [2.24, 2.45) is 0 Å². The Morgan fingerprint density at radius 2 is 1.81 bits per heavy atom. The molecule has 0 saturated carbocycles. The van der Waals surface area contributed by atoms with E-state index in [1.165, 1.54) is 11.3 Å². The van der Waals surface area contributed by atoms with E-state index in [-0.39, 0.29) is 0 Å². The molecule has 0 fully saturated rings. The fourth-order valence-electron chi connectivity index (χ4n) is 1.40. The van der Waals surface area contributed by atoms with Gasteiger partial charge < -0.3 is 4.98 Å². The van der Waals surface area contributed by atoms with E-state index in [4.69, 9.17) is 0 Å². The summed E-state index contributed by atoms with van der Waals surface area (Å²) in [6, 6.07) is 10.0. The number of imidazole rings is 1. The number of rotatable bonds is 2. The molecule has 1 N–H and O–H groups in total.